The highest BCUT2D eigenvalue weighted by Gasteiger charge is 2.25. The summed E-state index contributed by atoms with van der Waals surface area (Å²) < 4.78 is 7.48. The first-order chi connectivity index (χ1) is 13.1. The maximum Gasteiger partial charge on any atom is 0.250 e. The highest BCUT2D eigenvalue weighted by atomic mass is 16.5. The molecule has 1 aromatic carbocycles. The molecule has 0 unspecified atom stereocenters. The van der Waals surface area contributed by atoms with E-state index < -0.39 is 5.91 Å². The number of carbonyl (C=O) groups excluding carboxylic acids is 1. The lowest BCUT2D eigenvalue weighted by Gasteiger charge is -2.37. The monoisotopic (exact) mass is 366 g/mol. The number of primary amides is 1. The quantitative estimate of drug-likeness (QED) is 0.641. The van der Waals surface area contributed by atoms with Gasteiger partial charge in [-0.05, 0) is 24.3 Å². The fourth-order valence-electron chi connectivity index (χ4n) is 3.82. The molecule has 4 heterocycles. The zero-order chi connectivity index (χ0) is 18.5. The molecule has 2 aromatic heterocycles. The van der Waals surface area contributed by atoms with Gasteiger partial charge in [0, 0.05) is 31.2 Å². The van der Waals surface area contributed by atoms with Gasteiger partial charge in [-0.2, -0.15) is 5.10 Å². The van der Waals surface area contributed by atoms with Crippen LogP contribution in [0.3, 0.4) is 0 Å². The summed E-state index contributed by atoms with van der Waals surface area (Å²) in [5.74, 6) is -0.439. The summed E-state index contributed by atoms with van der Waals surface area (Å²) in [6, 6.07) is 8.32. The number of nitrogens with one attached hydrogen (secondary N) is 2. The molecule has 2 aliphatic rings. The molecule has 5 rings (SSSR count). The van der Waals surface area contributed by atoms with Gasteiger partial charge in [0.2, 0.25) is 0 Å². The molecule has 3 aromatic rings. The average Bonchev–Trinajstić information content (AvgIpc) is 3.22. The fourth-order valence-corrected chi connectivity index (χ4v) is 3.82. The van der Waals surface area contributed by atoms with Crippen molar-refractivity contribution >= 4 is 22.5 Å². The van der Waals surface area contributed by atoms with Gasteiger partial charge in [0.15, 0.2) is 0 Å². The number of amides is 1. The van der Waals surface area contributed by atoms with E-state index in [4.69, 9.17) is 15.6 Å². The minimum atomic E-state index is -0.439. The Labute approximate surface area is 156 Å². The van der Waals surface area contributed by atoms with Gasteiger partial charge in [-0.25, -0.2) is 0 Å². The van der Waals surface area contributed by atoms with E-state index >= 15 is 0 Å². The van der Waals surface area contributed by atoms with Gasteiger partial charge in [0.05, 0.1) is 48.3 Å². The van der Waals surface area contributed by atoms with Crippen molar-refractivity contribution in [1.29, 1.82) is 0 Å². The second-order valence-corrected chi connectivity index (χ2v) is 7.19. The Morgan fingerprint density at radius 1 is 1.37 bits per heavy atom. The van der Waals surface area contributed by atoms with Crippen LogP contribution in [0.1, 0.15) is 16.1 Å². The number of aromatic nitrogens is 3. The summed E-state index contributed by atoms with van der Waals surface area (Å²) in [4.78, 5) is 17.6. The van der Waals surface area contributed by atoms with E-state index in [1.807, 2.05) is 16.8 Å². The number of likely N-dealkylation sites (N-methyl/N-ethyl adjacent to an activating group) is 1. The summed E-state index contributed by atoms with van der Waals surface area (Å²) in [5, 5.41) is 8.98. The first-order valence-corrected chi connectivity index (χ1v) is 9.16. The second-order valence-electron chi connectivity index (χ2n) is 7.19. The number of fused-ring (bicyclic) bond motifs is 2. The van der Waals surface area contributed by atoms with Crippen LogP contribution in [-0.2, 0) is 17.9 Å². The molecule has 2 aliphatic heterocycles. The van der Waals surface area contributed by atoms with Gasteiger partial charge >= 0.3 is 0 Å². The highest BCUT2D eigenvalue weighted by molar-refractivity contribution is 6.09. The van der Waals surface area contributed by atoms with Gasteiger partial charge in [0.25, 0.3) is 5.91 Å². The van der Waals surface area contributed by atoms with Crippen molar-refractivity contribution in [3.8, 4) is 11.4 Å². The molecule has 0 radical (unpaired) electrons. The van der Waals surface area contributed by atoms with E-state index in [1.165, 1.54) is 0 Å². The Bertz CT molecular complexity index is 1010. The van der Waals surface area contributed by atoms with Gasteiger partial charge in [-0.1, -0.05) is 0 Å². The van der Waals surface area contributed by atoms with Gasteiger partial charge < -0.3 is 25.7 Å². The van der Waals surface area contributed by atoms with Crippen molar-refractivity contribution in [2.45, 2.75) is 19.2 Å². The third kappa shape index (κ3) is 2.60. The van der Waals surface area contributed by atoms with Gasteiger partial charge in [-0.3, -0.25) is 9.48 Å². The predicted molar refractivity (Wildman–Crippen MR) is 103 cm³/mol. The third-order valence-corrected chi connectivity index (χ3v) is 5.56. The average molecular weight is 366 g/mol. The van der Waals surface area contributed by atoms with Crippen molar-refractivity contribution in [3.63, 3.8) is 0 Å². The SMILES string of the molecule is CN(c1ccc(C(N)=O)c2[nH]c(-c3cc4n(n3)CCOC4)cc12)C1CNC1. The van der Waals surface area contributed by atoms with Crippen LogP contribution in [0.15, 0.2) is 24.3 Å². The number of hydrogen-bond acceptors (Lipinski definition) is 5. The topological polar surface area (TPSA) is 101 Å². The lowest BCUT2D eigenvalue weighted by Crippen LogP contribution is -2.56. The molecule has 0 saturated carbocycles. The van der Waals surface area contributed by atoms with Crippen LogP contribution in [0, 0.1) is 0 Å². The number of rotatable bonds is 4. The van der Waals surface area contributed by atoms with Crippen molar-refractivity contribution in [3.05, 3.63) is 35.5 Å². The Morgan fingerprint density at radius 2 is 2.22 bits per heavy atom. The summed E-state index contributed by atoms with van der Waals surface area (Å²) in [6.07, 6.45) is 0. The molecule has 27 heavy (non-hydrogen) atoms. The van der Waals surface area contributed by atoms with E-state index in [2.05, 4.69) is 28.3 Å². The molecular weight excluding hydrogens is 344 g/mol. The number of nitrogens with two attached hydrogens (primary N) is 1. The molecule has 0 spiro atoms. The lowest BCUT2D eigenvalue weighted by atomic mass is 10.1. The minimum Gasteiger partial charge on any atom is -0.373 e. The normalized spacial score (nSPS) is 16.9. The van der Waals surface area contributed by atoms with E-state index in [0.29, 0.717) is 24.8 Å². The van der Waals surface area contributed by atoms with Crippen molar-refractivity contribution in [1.82, 2.24) is 20.1 Å². The Kier molecular flexibility index (Phi) is 3.70. The number of anilines is 1. The summed E-state index contributed by atoms with van der Waals surface area (Å²) in [5.41, 5.74) is 10.7. The Morgan fingerprint density at radius 3 is 2.93 bits per heavy atom. The zero-order valence-electron chi connectivity index (χ0n) is 15.2. The Hall–Kier alpha value is -2.84. The fraction of sp³-hybridized carbons (Fsp3) is 0.368. The van der Waals surface area contributed by atoms with Gasteiger partial charge in [0.1, 0.15) is 5.69 Å². The molecular formula is C19H22N6O2. The number of hydrogen-bond donors (Lipinski definition) is 3. The maximum atomic E-state index is 11.9. The number of carbonyl (C=O) groups is 1. The van der Waals surface area contributed by atoms with Crippen molar-refractivity contribution in [2.75, 3.05) is 31.6 Å². The molecule has 1 saturated heterocycles. The van der Waals surface area contributed by atoms with Crippen LogP contribution in [0.4, 0.5) is 5.69 Å². The molecule has 4 N–H and O–H groups in total. The third-order valence-electron chi connectivity index (χ3n) is 5.56. The highest BCUT2D eigenvalue weighted by Crippen LogP contribution is 2.34. The first-order valence-electron chi connectivity index (χ1n) is 9.16. The molecule has 8 heteroatoms. The van der Waals surface area contributed by atoms with Crippen LogP contribution in [0.25, 0.3) is 22.3 Å². The van der Waals surface area contributed by atoms with Crippen LogP contribution in [-0.4, -0.2) is 53.5 Å². The molecule has 1 amide bonds. The standard InChI is InChI=1S/C19H22N6O2/c1-24(12-8-21-9-12)17-3-2-13(19(20)26)18-14(17)7-15(22-18)16-6-11-10-27-5-4-25(11)23-16/h2-3,6-7,12,21-22H,4-5,8-10H2,1H3,(H2,20,26). The first kappa shape index (κ1) is 16.3. The van der Waals surface area contributed by atoms with Crippen LogP contribution >= 0.6 is 0 Å². The molecule has 8 nitrogen and oxygen atoms in total. The van der Waals surface area contributed by atoms with E-state index in [1.54, 1.807) is 6.07 Å². The van der Waals surface area contributed by atoms with Crippen LogP contribution in [0.5, 0.6) is 0 Å². The lowest BCUT2D eigenvalue weighted by molar-refractivity contribution is 0.0801. The van der Waals surface area contributed by atoms with Crippen LogP contribution < -0.4 is 16.0 Å². The van der Waals surface area contributed by atoms with Crippen LogP contribution in [0.2, 0.25) is 0 Å². The van der Waals surface area contributed by atoms with E-state index in [-0.39, 0.29) is 0 Å². The summed E-state index contributed by atoms with van der Waals surface area (Å²) in [6.45, 7) is 3.92. The molecule has 0 atom stereocenters. The van der Waals surface area contributed by atoms with Crippen molar-refractivity contribution < 1.29 is 9.53 Å². The smallest absolute Gasteiger partial charge is 0.250 e. The number of nitrogens with zero attached hydrogens (tertiary/aromatic N) is 3. The number of benzene rings is 1. The largest absolute Gasteiger partial charge is 0.373 e. The number of aromatic amines is 1. The number of ether oxygens (including phenoxy) is 1. The molecule has 0 bridgehead atoms. The molecule has 140 valence electrons. The predicted octanol–water partition coefficient (Wildman–Crippen LogP) is 1.07. The molecule has 0 aliphatic carbocycles. The minimum absolute atomic E-state index is 0.439. The number of H-pyrrole nitrogens is 1. The van der Waals surface area contributed by atoms with E-state index in [9.17, 15) is 4.79 Å². The van der Waals surface area contributed by atoms with Gasteiger partial charge in [-0.15, -0.1) is 0 Å². The van der Waals surface area contributed by atoms with Crippen molar-refractivity contribution in [2.24, 2.45) is 5.73 Å². The zero-order valence-corrected chi connectivity index (χ0v) is 15.2. The summed E-state index contributed by atoms with van der Waals surface area (Å²) in [7, 11) is 2.09. The maximum absolute atomic E-state index is 11.9. The van der Waals surface area contributed by atoms with E-state index in [0.717, 1.165) is 53.3 Å². The second kappa shape index (κ2) is 6.11. The summed E-state index contributed by atoms with van der Waals surface area (Å²) >= 11 is 0. The Balaban J connectivity index is 1.64. The molecule has 1 fully saturated rings.